The first kappa shape index (κ1) is 23.7. The smallest absolute Gasteiger partial charge is 0.335 e. The van der Waals surface area contributed by atoms with Gasteiger partial charge in [0.05, 0.1) is 5.56 Å². The molecule has 11 nitrogen and oxygen atoms in total. The summed E-state index contributed by atoms with van der Waals surface area (Å²) in [5, 5.41) is 14.8. The molecule has 5 rings (SSSR count). The third-order valence-electron chi connectivity index (χ3n) is 5.83. The molecule has 3 aromatic heterocycles. The van der Waals surface area contributed by atoms with Gasteiger partial charge in [0.25, 0.3) is 11.8 Å². The van der Waals surface area contributed by atoms with Crippen LogP contribution in [0.5, 0.6) is 0 Å². The minimum atomic E-state index is -1.01. The fraction of sp³-hybridized carbons (Fsp3) is 0.154. The highest BCUT2D eigenvalue weighted by atomic mass is 16.4. The zero-order chi connectivity index (χ0) is 26.1. The molecule has 0 saturated heterocycles. The van der Waals surface area contributed by atoms with Crippen LogP contribution in [0.4, 0.5) is 0 Å². The van der Waals surface area contributed by atoms with Gasteiger partial charge in [-0.25, -0.2) is 19.7 Å². The summed E-state index contributed by atoms with van der Waals surface area (Å²) in [6.45, 7) is 3.86. The Morgan fingerprint density at radius 1 is 0.946 bits per heavy atom. The summed E-state index contributed by atoms with van der Waals surface area (Å²) in [4.78, 5) is 49.9. The second-order valence-corrected chi connectivity index (χ2v) is 8.48. The molecule has 0 saturated carbocycles. The second-order valence-electron chi connectivity index (χ2n) is 8.48. The minimum Gasteiger partial charge on any atom is -0.478 e. The Bertz CT molecular complexity index is 1690. The fourth-order valence-corrected chi connectivity index (χ4v) is 4.02. The molecule has 2 aromatic carbocycles. The number of benzene rings is 2. The number of rotatable bonds is 7. The number of oxazole rings is 1. The number of fused-ring (bicyclic) bond motifs is 2. The molecular weight excluding hydrogens is 476 g/mol. The quantitative estimate of drug-likeness (QED) is 0.310. The number of nitrogens with zero attached hydrogens (tertiary/aromatic N) is 4. The first-order valence-electron chi connectivity index (χ1n) is 11.4. The van der Waals surface area contributed by atoms with Crippen molar-refractivity contribution in [3.05, 3.63) is 94.4 Å². The van der Waals surface area contributed by atoms with Gasteiger partial charge in [-0.05, 0) is 47.9 Å². The van der Waals surface area contributed by atoms with Crippen molar-refractivity contribution in [2.75, 3.05) is 0 Å². The van der Waals surface area contributed by atoms with E-state index in [1.165, 1.54) is 22.7 Å². The van der Waals surface area contributed by atoms with Crippen LogP contribution >= 0.6 is 0 Å². The number of aromatic carboxylic acids is 1. The molecule has 3 heterocycles. The van der Waals surface area contributed by atoms with Gasteiger partial charge >= 0.3 is 5.97 Å². The number of carboxylic acid groups (broad SMARTS) is 1. The van der Waals surface area contributed by atoms with E-state index in [-0.39, 0.29) is 35.8 Å². The number of nitrogens with one attached hydrogen (secondary N) is 2. The lowest BCUT2D eigenvalue weighted by Gasteiger charge is -2.10. The van der Waals surface area contributed by atoms with Crippen molar-refractivity contribution in [3.8, 4) is 0 Å². The Balaban J connectivity index is 1.32. The SMILES string of the molecule is Cc1nc2cc(CNC(=O)c3cc(C(=O)NCc4ccc(C(=O)O)c(C)c4)nc4nccn34)ccc2o1. The lowest BCUT2D eigenvalue weighted by Crippen LogP contribution is -2.28. The maximum atomic E-state index is 13.1. The molecule has 5 aromatic rings. The van der Waals surface area contributed by atoms with E-state index in [0.717, 1.165) is 11.1 Å². The van der Waals surface area contributed by atoms with Crippen molar-refractivity contribution in [2.45, 2.75) is 26.9 Å². The van der Waals surface area contributed by atoms with Crippen LogP contribution in [-0.4, -0.2) is 42.2 Å². The molecule has 0 unspecified atom stereocenters. The average molecular weight is 498 g/mol. The van der Waals surface area contributed by atoms with Crippen molar-refractivity contribution < 1.29 is 23.9 Å². The summed E-state index contributed by atoms with van der Waals surface area (Å²) in [5.74, 6) is -1.14. The Labute approximate surface area is 210 Å². The molecule has 0 fully saturated rings. The van der Waals surface area contributed by atoms with Crippen molar-refractivity contribution in [1.82, 2.24) is 30.0 Å². The highest BCUT2D eigenvalue weighted by Crippen LogP contribution is 2.17. The monoisotopic (exact) mass is 498 g/mol. The predicted molar refractivity (Wildman–Crippen MR) is 132 cm³/mol. The van der Waals surface area contributed by atoms with Gasteiger partial charge in [0, 0.05) is 32.4 Å². The number of hydrogen-bond acceptors (Lipinski definition) is 7. The second kappa shape index (κ2) is 9.53. The van der Waals surface area contributed by atoms with Crippen LogP contribution in [0.1, 0.15) is 53.9 Å². The Morgan fingerprint density at radius 2 is 1.68 bits per heavy atom. The number of amides is 2. The van der Waals surface area contributed by atoms with Gasteiger partial charge in [-0.2, -0.15) is 0 Å². The fourth-order valence-electron chi connectivity index (χ4n) is 4.02. The van der Waals surface area contributed by atoms with Crippen LogP contribution < -0.4 is 10.6 Å². The molecule has 3 N–H and O–H groups in total. The number of hydrogen-bond donors (Lipinski definition) is 3. The molecular formula is C26H22N6O5. The molecule has 37 heavy (non-hydrogen) atoms. The summed E-state index contributed by atoms with van der Waals surface area (Å²) in [6.07, 6.45) is 3.09. The third-order valence-corrected chi connectivity index (χ3v) is 5.83. The van der Waals surface area contributed by atoms with E-state index in [9.17, 15) is 19.5 Å². The van der Waals surface area contributed by atoms with E-state index < -0.39 is 17.8 Å². The molecule has 0 radical (unpaired) electrons. The average Bonchev–Trinajstić information content (AvgIpc) is 3.50. The lowest BCUT2D eigenvalue weighted by molar-refractivity contribution is 0.0695. The molecule has 11 heteroatoms. The largest absolute Gasteiger partial charge is 0.478 e. The van der Waals surface area contributed by atoms with Crippen LogP contribution in [-0.2, 0) is 13.1 Å². The number of aryl methyl sites for hydroxylation is 2. The van der Waals surface area contributed by atoms with Crippen LogP contribution in [0.3, 0.4) is 0 Å². The highest BCUT2D eigenvalue weighted by molar-refractivity contribution is 5.98. The maximum Gasteiger partial charge on any atom is 0.335 e. The van der Waals surface area contributed by atoms with Crippen molar-refractivity contribution >= 4 is 34.7 Å². The van der Waals surface area contributed by atoms with Gasteiger partial charge in [-0.3, -0.25) is 14.0 Å². The highest BCUT2D eigenvalue weighted by Gasteiger charge is 2.18. The minimum absolute atomic E-state index is 0.0298. The molecule has 0 aliphatic carbocycles. The number of carboxylic acids is 1. The first-order chi connectivity index (χ1) is 17.8. The van der Waals surface area contributed by atoms with E-state index >= 15 is 0 Å². The summed E-state index contributed by atoms with van der Waals surface area (Å²) in [7, 11) is 0. The number of aromatic nitrogens is 4. The molecule has 186 valence electrons. The van der Waals surface area contributed by atoms with Gasteiger partial charge < -0.3 is 20.2 Å². The zero-order valence-electron chi connectivity index (χ0n) is 20.0. The van der Waals surface area contributed by atoms with Crippen LogP contribution in [0.25, 0.3) is 16.9 Å². The predicted octanol–water partition coefficient (Wildman–Crippen LogP) is 3.05. The molecule has 2 amide bonds. The van der Waals surface area contributed by atoms with E-state index in [0.29, 0.717) is 22.6 Å². The van der Waals surface area contributed by atoms with Crippen molar-refractivity contribution in [3.63, 3.8) is 0 Å². The summed E-state index contributed by atoms with van der Waals surface area (Å²) in [5.41, 5.74) is 3.97. The standard InChI is InChI=1S/C26H22N6O5/c1-14-9-16(3-5-18(14)25(35)36)12-28-23(33)20-11-21(32-8-7-27-26(32)31-20)24(34)29-13-17-4-6-22-19(10-17)30-15(2)37-22/h3-11H,12-13H2,1-2H3,(H,28,33)(H,29,34)(H,35,36). The van der Waals surface area contributed by atoms with E-state index in [1.807, 2.05) is 12.1 Å². The Hall–Kier alpha value is -5.06. The zero-order valence-corrected chi connectivity index (χ0v) is 20.0. The molecule has 0 spiro atoms. The van der Waals surface area contributed by atoms with Gasteiger partial charge in [-0.1, -0.05) is 18.2 Å². The Kier molecular flexibility index (Phi) is 6.10. The van der Waals surface area contributed by atoms with Gasteiger partial charge in [0.2, 0.25) is 5.78 Å². The summed E-state index contributed by atoms with van der Waals surface area (Å²) < 4.78 is 6.99. The Morgan fingerprint density at radius 3 is 2.43 bits per heavy atom. The van der Waals surface area contributed by atoms with Crippen molar-refractivity contribution in [1.29, 1.82) is 0 Å². The van der Waals surface area contributed by atoms with E-state index in [4.69, 9.17) is 4.42 Å². The number of carbonyl (C=O) groups is 3. The van der Waals surface area contributed by atoms with Gasteiger partial charge in [-0.15, -0.1) is 0 Å². The lowest BCUT2D eigenvalue weighted by atomic mass is 10.1. The summed E-state index contributed by atoms with van der Waals surface area (Å²) >= 11 is 0. The summed E-state index contributed by atoms with van der Waals surface area (Å²) in [6, 6.07) is 11.7. The normalized spacial score (nSPS) is 11.1. The van der Waals surface area contributed by atoms with E-state index in [2.05, 4.69) is 25.6 Å². The first-order valence-corrected chi connectivity index (χ1v) is 11.4. The third kappa shape index (κ3) is 4.87. The number of carbonyl (C=O) groups excluding carboxylic acids is 2. The van der Waals surface area contributed by atoms with Gasteiger partial charge in [0.15, 0.2) is 11.5 Å². The van der Waals surface area contributed by atoms with Gasteiger partial charge in [0.1, 0.15) is 16.9 Å². The maximum absolute atomic E-state index is 13.1. The van der Waals surface area contributed by atoms with Crippen LogP contribution in [0.2, 0.25) is 0 Å². The molecule has 0 atom stereocenters. The van der Waals surface area contributed by atoms with Crippen molar-refractivity contribution in [2.24, 2.45) is 0 Å². The molecule has 0 bridgehead atoms. The number of imidazole rings is 1. The molecule has 0 aliphatic rings. The van der Waals surface area contributed by atoms with Crippen LogP contribution in [0.15, 0.2) is 59.3 Å². The van der Waals surface area contributed by atoms with Crippen LogP contribution in [0, 0.1) is 13.8 Å². The topological polar surface area (TPSA) is 152 Å². The van der Waals surface area contributed by atoms with E-state index in [1.54, 1.807) is 38.2 Å². The molecule has 0 aliphatic heterocycles.